The number of hydrogen-bond donors (Lipinski definition) is 1. The van der Waals surface area contributed by atoms with Crippen LogP contribution in [0, 0.1) is 6.92 Å². The van der Waals surface area contributed by atoms with Crippen LogP contribution in [-0.2, 0) is 11.2 Å². The lowest BCUT2D eigenvalue weighted by Crippen LogP contribution is -2.53. The number of hydrogen-bond acceptors (Lipinski definition) is 3. The Labute approximate surface area is 143 Å². The number of carbonyl (C=O) groups is 1. The molecule has 126 valence electrons. The molecule has 3 rings (SSSR count). The molecule has 1 aliphatic rings. The highest BCUT2D eigenvalue weighted by molar-refractivity contribution is 5.82. The van der Waals surface area contributed by atoms with Crippen molar-refractivity contribution in [3.05, 3.63) is 65.7 Å². The number of piperazine rings is 1. The number of para-hydroxylation sites is 1. The second kappa shape index (κ2) is 7.49. The molecule has 1 saturated heterocycles. The van der Waals surface area contributed by atoms with Crippen LogP contribution in [0.4, 0.5) is 5.69 Å². The summed E-state index contributed by atoms with van der Waals surface area (Å²) in [6.07, 6.45) is 0.595. The highest BCUT2D eigenvalue weighted by Gasteiger charge is 2.25. The summed E-state index contributed by atoms with van der Waals surface area (Å²) in [4.78, 5) is 16.8. The Kier molecular flexibility index (Phi) is 5.16. The van der Waals surface area contributed by atoms with E-state index in [1.54, 1.807) is 0 Å². The molecule has 1 amide bonds. The van der Waals surface area contributed by atoms with Gasteiger partial charge in [-0.15, -0.1) is 0 Å². The van der Waals surface area contributed by atoms with Crippen LogP contribution in [0.1, 0.15) is 11.1 Å². The Bertz CT molecular complexity index is 678. The lowest BCUT2D eigenvalue weighted by molar-refractivity contribution is -0.132. The molecule has 1 atom stereocenters. The van der Waals surface area contributed by atoms with Gasteiger partial charge in [-0.05, 0) is 30.5 Å². The largest absolute Gasteiger partial charge is 0.368 e. The van der Waals surface area contributed by atoms with Crippen LogP contribution >= 0.6 is 0 Å². The monoisotopic (exact) mass is 323 g/mol. The van der Waals surface area contributed by atoms with Crippen molar-refractivity contribution in [1.82, 2.24) is 4.90 Å². The number of nitrogens with two attached hydrogens (primary N) is 1. The Morgan fingerprint density at radius 1 is 1.00 bits per heavy atom. The normalized spacial score (nSPS) is 16.1. The van der Waals surface area contributed by atoms with Crippen LogP contribution < -0.4 is 10.6 Å². The SMILES string of the molecule is Cc1ccccc1N1CCN(C(=O)[C@@H](N)Cc2ccccc2)CC1. The van der Waals surface area contributed by atoms with Gasteiger partial charge in [0.1, 0.15) is 0 Å². The average Bonchev–Trinajstić information content (AvgIpc) is 2.62. The minimum absolute atomic E-state index is 0.0586. The average molecular weight is 323 g/mol. The summed E-state index contributed by atoms with van der Waals surface area (Å²) in [5.41, 5.74) is 9.79. The number of rotatable bonds is 4. The van der Waals surface area contributed by atoms with Crippen molar-refractivity contribution in [1.29, 1.82) is 0 Å². The predicted molar refractivity (Wildman–Crippen MR) is 98.1 cm³/mol. The quantitative estimate of drug-likeness (QED) is 0.938. The first-order valence-electron chi connectivity index (χ1n) is 8.54. The molecule has 2 aromatic rings. The lowest BCUT2D eigenvalue weighted by Gasteiger charge is -2.37. The highest BCUT2D eigenvalue weighted by Crippen LogP contribution is 2.21. The van der Waals surface area contributed by atoms with Crippen LogP contribution in [0.25, 0.3) is 0 Å². The van der Waals surface area contributed by atoms with Crippen LogP contribution in [0.2, 0.25) is 0 Å². The van der Waals surface area contributed by atoms with Crippen LogP contribution in [-0.4, -0.2) is 43.0 Å². The second-order valence-corrected chi connectivity index (χ2v) is 6.40. The van der Waals surface area contributed by atoms with E-state index in [-0.39, 0.29) is 5.91 Å². The van der Waals surface area contributed by atoms with Gasteiger partial charge in [-0.2, -0.15) is 0 Å². The zero-order valence-corrected chi connectivity index (χ0v) is 14.2. The third-order valence-corrected chi connectivity index (χ3v) is 4.66. The summed E-state index contributed by atoms with van der Waals surface area (Å²) in [6, 6.07) is 17.9. The van der Waals surface area contributed by atoms with Gasteiger partial charge in [-0.25, -0.2) is 0 Å². The maximum Gasteiger partial charge on any atom is 0.239 e. The van der Waals surface area contributed by atoms with Crippen molar-refractivity contribution in [2.75, 3.05) is 31.1 Å². The minimum atomic E-state index is -0.461. The molecular formula is C20H25N3O. The molecule has 1 fully saturated rings. The van der Waals surface area contributed by atoms with E-state index in [1.165, 1.54) is 11.3 Å². The van der Waals surface area contributed by atoms with E-state index in [2.05, 4.69) is 36.1 Å². The van der Waals surface area contributed by atoms with E-state index in [1.807, 2.05) is 35.2 Å². The van der Waals surface area contributed by atoms with Crippen LogP contribution in [0.3, 0.4) is 0 Å². The summed E-state index contributed by atoms with van der Waals surface area (Å²) in [7, 11) is 0. The molecule has 0 saturated carbocycles. The fraction of sp³-hybridized carbons (Fsp3) is 0.350. The molecule has 0 spiro atoms. The molecule has 0 aliphatic carbocycles. The molecular weight excluding hydrogens is 298 g/mol. The van der Waals surface area contributed by atoms with Crippen LogP contribution in [0.15, 0.2) is 54.6 Å². The Hall–Kier alpha value is -2.33. The van der Waals surface area contributed by atoms with Gasteiger partial charge in [0, 0.05) is 31.9 Å². The van der Waals surface area contributed by atoms with Crippen LogP contribution in [0.5, 0.6) is 0 Å². The topological polar surface area (TPSA) is 49.6 Å². The Morgan fingerprint density at radius 2 is 1.62 bits per heavy atom. The first kappa shape index (κ1) is 16.5. The molecule has 4 nitrogen and oxygen atoms in total. The van der Waals surface area contributed by atoms with E-state index >= 15 is 0 Å². The number of anilines is 1. The summed E-state index contributed by atoms with van der Waals surface area (Å²) in [5.74, 6) is 0.0586. The van der Waals surface area contributed by atoms with Gasteiger partial charge >= 0.3 is 0 Å². The zero-order chi connectivity index (χ0) is 16.9. The van der Waals surface area contributed by atoms with E-state index < -0.39 is 6.04 Å². The van der Waals surface area contributed by atoms with Crippen molar-refractivity contribution in [3.63, 3.8) is 0 Å². The third kappa shape index (κ3) is 3.77. The molecule has 2 aromatic carbocycles. The first-order chi connectivity index (χ1) is 11.6. The second-order valence-electron chi connectivity index (χ2n) is 6.40. The van der Waals surface area contributed by atoms with Crippen molar-refractivity contribution >= 4 is 11.6 Å². The standard InChI is InChI=1S/C20H25N3O/c1-16-7-5-6-10-19(16)22-11-13-23(14-12-22)20(24)18(21)15-17-8-3-2-4-9-17/h2-10,18H,11-15,21H2,1H3/t18-/m0/s1. The van der Waals surface area contributed by atoms with Gasteiger partial charge in [0.15, 0.2) is 0 Å². The Balaban J connectivity index is 1.56. The van der Waals surface area contributed by atoms with Gasteiger partial charge in [0.05, 0.1) is 6.04 Å². The molecule has 24 heavy (non-hydrogen) atoms. The number of benzene rings is 2. The molecule has 0 bridgehead atoms. The Morgan fingerprint density at radius 3 is 2.29 bits per heavy atom. The van der Waals surface area contributed by atoms with Crippen molar-refractivity contribution in [2.45, 2.75) is 19.4 Å². The molecule has 1 heterocycles. The zero-order valence-electron chi connectivity index (χ0n) is 14.2. The maximum absolute atomic E-state index is 12.6. The molecule has 4 heteroatoms. The summed E-state index contributed by atoms with van der Waals surface area (Å²) < 4.78 is 0. The smallest absolute Gasteiger partial charge is 0.239 e. The van der Waals surface area contributed by atoms with Crippen molar-refractivity contribution < 1.29 is 4.79 Å². The van der Waals surface area contributed by atoms with Gasteiger partial charge in [-0.1, -0.05) is 48.5 Å². The number of carbonyl (C=O) groups excluding carboxylic acids is 1. The maximum atomic E-state index is 12.6. The van der Waals surface area contributed by atoms with Gasteiger partial charge in [-0.3, -0.25) is 4.79 Å². The number of nitrogens with zero attached hydrogens (tertiary/aromatic N) is 2. The predicted octanol–water partition coefficient (Wildman–Crippen LogP) is 2.21. The molecule has 2 N–H and O–H groups in total. The van der Waals surface area contributed by atoms with Crippen molar-refractivity contribution in [3.8, 4) is 0 Å². The molecule has 0 radical (unpaired) electrons. The molecule has 1 aliphatic heterocycles. The third-order valence-electron chi connectivity index (χ3n) is 4.66. The van der Waals surface area contributed by atoms with E-state index in [0.29, 0.717) is 6.42 Å². The van der Waals surface area contributed by atoms with E-state index in [9.17, 15) is 4.79 Å². The first-order valence-corrected chi connectivity index (χ1v) is 8.54. The fourth-order valence-electron chi connectivity index (χ4n) is 3.28. The highest BCUT2D eigenvalue weighted by atomic mass is 16.2. The molecule has 0 aromatic heterocycles. The fourth-order valence-corrected chi connectivity index (χ4v) is 3.28. The van der Waals surface area contributed by atoms with Gasteiger partial charge in [0.25, 0.3) is 0 Å². The van der Waals surface area contributed by atoms with E-state index in [0.717, 1.165) is 31.7 Å². The van der Waals surface area contributed by atoms with Gasteiger partial charge < -0.3 is 15.5 Å². The molecule has 0 unspecified atom stereocenters. The van der Waals surface area contributed by atoms with Crippen molar-refractivity contribution in [2.24, 2.45) is 5.73 Å². The number of aryl methyl sites for hydroxylation is 1. The van der Waals surface area contributed by atoms with Gasteiger partial charge in [0.2, 0.25) is 5.91 Å². The van der Waals surface area contributed by atoms with E-state index in [4.69, 9.17) is 5.73 Å². The number of amides is 1. The summed E-state index contributed by atoms with van der Waals surface area (Å²) in [6.45, 7) is 5.30. The summed E-state index contributed by atoms with van der Waals surface area (Å²) in [5, 5.41) is 0. The summed E-state index contributed by atoms with van der Waals surface area (Å²) >= 11 is 0. The lowest BCUT2D eigenvalue weighted by atomic mass is 10.1. The minimum Gasteiger partial charge on any atom is -0.368 e.